The molecule has 0 saturated heterocycles. The molecule has 0 unspecified atom stereocenters. The van der Waals surface area contributed by atoms with Crippen molar-refractivity contribution in [1.29, 1.82) is 0 Å². The minimum Gasteiger partial charge on any atom is -0.481 e. The average molecular weight is 385 g/mol. The maximum absolute atomic E-state index is 10.7. The number of carboxylic acids is 1. The fourth-order valence-electron chi connectivity index (χ4n) is 2.64. The van der Waals surface area contributed by atoms with Gasteiger partial charge in [0.1, 0.15) is 0 Å². The van der Waals surface area contributed by atoms with Crippen LogP contribution in [0.1, 0.15) is 0 Å². The normalized spacial score (nSPS) is 11.1. The zero-order chi connectivity index (χ0) is 18.1. The van der Waals surface area contributed by atoms with Gasteiger partial charge in [-0.15, -0.1) is 0 Å². The van der Waals surface area contributed by atoms with Crippen molar-refractivity contribution in [3.63, 3.8) is 0 Å². The number of benzene rings is 2. The summed E-state index contributed by atoms with van der Waals surface area (Å²) in [6.45, 7) is 0. The first-order valence-corrected chi connectivity index (χ1v) is 9.11. The summed E-state index contributed by atoms with van der Waals surface area (Å²) in [5.41, 5.74) is 4.32. The van der Waals surface area contributed by atoms with E-state index in [1.165, 1.54) is 0 Å². The van der Waals surface area contributed by atoms with E-state index in [0.29, 0.717) is 10.2 Å². The molecular formula is C18H13ClN4O2S. The van der Waals surface area contributed by atoms with Crippen LogP contribution >= 0.6 is 23.4 Å². The molecule has 0 atom stereocenters. The van der Waals surface area contributed by atoms with Crippen LogP contribution in [0, 0.1) is 0 Å². The minimum atomic E-state index is -0.883. The lowest BCUT2D eigenvalue weighted by Gasteiger charge is -2.07. The van der Waals surface area contributed by atoms with Gasteiger partial charge in [-0.2, -0.15) is 5.10 Å². The molecule has 0 radical (unpaired) electrons. The van der Waals surface area contributed by atoms with Gasteiger partial charge in [-0.1, -0.05) is 35.5 Å². The highest BCUT2D eigenvalue weighted by atomic mass is 35.5. The second-order valence-corrected chi connectivity index (χ2v) is 6.94. The van der Waals surface area contributed by atoms with Gasteiger partial charge in [0.2, 0.25) is 0 Å². The van der Waals surface area contributed by atoms with Crippen molar-refractivity contribution in [2.75, 3.05) is 5.75 Å². The number of imidazole rings is 1. The molecule has 6 nitrogen and oxygen atoms in total. The zero-order valence-electron chi connectivity index (χ0n) is 13.4. The van der Waals surface area contributed by atoms with Crippen LogP contribution in [0.2, 0.25) is 5.02 Å². The highest BCUT2D eigenvalue weighted by Crippen LogP contribution is 2.33. The molecule has 0 spiro atoms. The van der Waals surface area contributed by atoms with Crippen molar-refractivity contribution in [1.82, 2.24) is 19.7 Å². The predicted octanol–water partition coefficient (Wildman–Crippen LogP) is 4.25. The summed E-state index contributed by atoms with van der Waals surface area (Å²) in [6, 6.07) is 13.5. The van der Waals surface area contributed by atoms with Crippen LogP contribution in [0.4, 0.5) is 0 Å². The fourth-order valence-corrected chi connectivity index (χ4v) is 3.52. The summed E-state index contributed by atoms with van der Waals surface area (Å²) in [5, 5.41) is 14.2. The van der Waals surface area contributed by atoms with E-state index < -0.39 is 5.97 Å². The van der Waals surface area contributed by atoms with Gasteiger partial charge in [0.15, 0.2) is 5.16 Å². The number of aliphatic carboxylic acids is 1. The summed E-state index contributed by atoms with van der Waals surface area (Å²) in [4.78, 5) is 18.2. The Morgan fingerprint density at radius 2 is 2.08 bits per heavy atom. The van der Waals surface area contributed by atoms with Gasteiger partial charge in [-0.3, -0.25) is 4.79 Å². The number of halogens is 1. The van der Waals surface area contributed by atoms with E-state index in [1.807, 2.05) is 48.7 Å². The smallest absolute Gasteiger partial charge is 0.313 e. The van der Waals surface area contributed by atoms with Gasteiger partial charge in [-0.05, 0) is 35.9 Å². The number of aromatic amines is 1. The first-order valence-electron chi connectivity index (χ1n) is 7.74. The van der Waals surface area contributed by atoms with Crippen LogP contribution in [-0.4, -0.2) is 36.6 Å². The first kappa shape index (κ1) is 16.7. The van der Waals surface area contributed by atoms with E-state index in [9.17, 15) is 4.79 Å². The summed E-state index contributed by atoms with van der Waals surface area (Å²) in [6.07, 6.45) is 3.62. The molecule has 130 valence electrons. The van der Waals surface area contributed by atoms with Gasteiger partial charge in [0.05, 0.1) is 27.5 Å². The number of rotatable bonds is 5. The standard InChI is InChI=1S/C18H13ClN4O2S/c19-14-9-16-15(21-18(22-16)26-10-17(24)25)8-13(14)11-2-4-12(5-3-11)23-7-1-6-20-23/h1-9H,10H2,(H,21,22)(H,24,25). The monoisotopic (exact) mass is 384 g/mol. The molecule has 26 heavy (non-hydrogen) atoms. The van der Waals surface area contributed by atoms with Crippen LogP contribution in [0.3, 0.4) is 0 Å². The molecule has 8 heteroatoms. The van der Waals surface area contributed by atoms with Gasteiger partial charge in [0, 0.05) is 18.0 Å². The highest BCUT2D eigenvalue weighted by molar-refractivity contribution is 7.99. The number of carbonyl (C=O) groups is 1. The van der Waals surface area contributed by atoms with Gasteiger partial charge >= 0.3 is 5.97 Å². The Balaban J connectivity index is 1.67. The van der Waals surface area contributed by atoms with E-state index in [2.05, 4.69) is 15.1 Å². The van der Waals surface area contributed by atoms with E-state index in [1.54, 1.807) is 10.9 Å². The van der Waals surface area contributed by atoms with Crippen LogP contribution < -0.4 is 0 Å². The maximum Gasteiger partial charge on any atom is 0.313 e. The highest BCUT2D eigenvalue weighted by Gasteiger charge is 2.11. The van der Waals surface area contributed by atoms with Gasteiger partial charge in [-0.25, -0.2) is 9.67 Å². The quantitative estimate of drug-likeness (QED) is 0.502. The Kier molecular flexibility index (Phi) is 4.40. The van der Waals surface area contributed by atoms with E-state index >= 15 is 0 Å². The number of hydrogen-bond acceptors (Lipinski definition) is 4. The third-order valence-corrected chi connectivity index (χ3v) is 5.00. The number of thioether (sulfide) groups is 1. The van der Waals surface area contributed by atoms with Gasteiger partial charge < -0.3 is 10.1 Å². The molecule has 0 amide bonds. The third-order valence-electron chi connectivity index (χ3n) is 3.83. The molecule has 2 aromatic carbocycles. The van der Waals surface area contributed by atoms with Crippen LogP contribution in [0.15, 0.2) is 60.0 Å². The molecule has 0 fully saturated rings. The number of nitrogens with zero attached hydrogens (tertiary/aromatic N) is 3. The maximum atomic E-state index is 10.7. The van der Waals surface area contributed by atoms with Crippen LogP contribution in [0.5, 0.6) is 0 Å². The molecule has 0 aliphatic heterocycles. The summed E-state index contributed by atoms with van der Waals surface area (Å²) < 4.78 is 1.79. The number of aromatic nitrogens is 4. The second kappa shape index (κ2) is 6.86. The van der Waals surface area contributed by atoms with Crippen molar-refractivity contribution in [3.8, 4) is 16.8 Å². The van der Waals surface area contributed by atoms with Crippen molar-refractivity contribution >= 4 is 40.4 Å². The number of hydrogen-bond donors (Lipinski definition) is 2. The molecule has 0 bridgehead atoms. The molecular weight excluding hydrogens is 372 g/mol. The van der Waals surface area contributed by atoms with Crippen molar-refractivity contribution in [2.24, 2.45) is 0 Å². The Bertz CT molecular complexity index is 1070. The van der Waals surface area contributed by atoms with E-state index in [4.69, 9.17) is 16.7 Å². The summed E-state index contributed by atoms with van der Waals surface area (Å²) >= 11 is 7.59. The largest absolute Gasteiger partial charge is 0.481 e. The Hall–Kier alpha value is -2.77. The zero-order valence-corrected chi connectivity index (χ0v) is 15.0. The predicted molar refractivity (Wildman–Crippen MR) is 102 cm³/mol. The van der Waals surface area contributed by atoms with Gasteiger partial charge in [0.25, 0.3) is 0 Å². The van der Waals surface area contributed by atoms with Crippen LogP contribution in [0.25, 0.3) is 27.8 Å². The van der Waals surface area contributed by atoms with Crippen LogP contribution in [-0.2, 0) is 4.79 Å². The lowest BCUT2D eigenvalue weighted by molar-refractivity contribution is -0.133. The van der Waals surface area contributed by atoms with Crippen molar-refractivity contribution in [3.05, 3.63) is 59.9 Å². The molecule has 0 aliphatic carbocycles. The van der Waals surface area contributed by atoms with E-state index in [0.717, 1.165) is 39.6 Å². The minimum absolute atomic E-state index is 0.0463. The topological polar surface area (TPSA) is 83.8 Å². The molecule has 4 rings (SSSR count). The second-order valence-electron chi connectivity index (χ2n) is 5.57. The molecule has 0 aliphatic rings. The Morgan fingerprint density at radius 1 is 1.27 bits per heavy atom. The molecule has 0 saturated carbocycles. The third kappa shape index (κ3) is 3.31. The lowest BCUT2D eigenvalue weighted by atomic mass is 10.0. The summed E-state index contributed by atoms with van der Waals surface area (Å²) in [7, 11) is 0. The number of fused-ring (bicyclic) bond motifs is 1. The Labute approximate surface area is 157 Å². The number of carboxylic acid groups (broad SMARTS) is 1. The van der Waals surface area contributed by atoms with Crippen molar-refractivity contribution < 1.29 is 9.90 Å². The van der Waals surface area contributed by atoms with Crippen molar-refractivity contribution in [2.45, 2.75) is 5.16 Å². The molecule has 2 aromatic heterocycles. The number of nitrogens with one attached hydrogen (secondary N) is 1. The molecule has 2 heterocycles. The Morgan fingerprint density at radius 3 is 2.77 bits per heavy atom. The fraction of sp³-hybridized carbons (Fsp3) is 0.0556. The average Bonchev–Trinajstić information content (AvgIpc) is 3.29. The summed E-state index contributed by atoms with van der Waals surface area (Å²) in [5.74, 6) is -0.929. The SMILES string of the molecule is O=C(O)CSc1nc2cc(-c3ccc(-n4cccn4)cc3)c(Cl)cc2[nH]1. The lowest BCUT2D eigenvalue weighted by Crippen LogP contribution is -1.97. The number of H-pyrrole nitrogens is 1. The molecule has 4 aromatic rings. The van der Waals surface area contributed by atoms with E-state index in [-0.39, 0.29) is 5.75 Å². The molecule has 2 N–H and O–H groups in total. The first-order chi connectivity index (χ1) is 12.6.